The fraction of sp³-hybridized carbons (Fsp3) is 0.333. The van der Waals surface area contributed by atoms with Gasteiger partial charge in [-0.3, -0.25) is 0 Å². The van der Waals surface area contributed by atoms with Crippen molar-refractivity contribution in [2.75, 3.05) is 17.7 Å². The fourth-order valence-electron chi connectivity index (χ4n) is 2.15. The second kappa shape index (κ2) is 5.94. The molecule has 0 saturated heterocycles. The molecule has 3 rings (SSSR count). The molecule has 1 aromatic carbocycles. The molecule has 0 atom stereocenters. The Labute approximate surface area is 130 Å². The molecular formula is C15H15F3N4O. The van der Waals surface area contributed by atoms with Crippen molar-refractivity contribution in [1.82, 2.24) is 9.97 Å². The second-order valence-corrected chi connectivity index (χ2v) is 5.23. The highest BCUT2D eigenvalue weighted by Crippen LogP contribution is 2.40. The topological polar surface area (TPSA) is 59.1 Å². The Kier molecular flexibility index (Phi) is 3.97. The summed E-state index contributed by atoms with van der Waals surface area (Å²) in [4.78, 5) is 8.65. The maximum atomic E-state index is 12.3. The Bertz CT molecular complexity index is 701. The van der Waals surface area contributed by atoms with Gasteiger partial charge in [0.05, 0.1) is 5.69 Å². The first-order valence-electron chi connectivity index (χ1n) is 7.12. The molecule has 1 aromatic heterocycles. The van der Waals surface area contributed by atoms with Gasteiger partial charge in [-0.15, -0.1) is 13.2 Å². The maximum absolute atomic E-state index is 12.3. The van der Waals surface area contributed by atoms with Gasteiger partial charge < -0.3 is 15.4 Å². The van der Waals surface area contributed by atoms with E-state index in [2.05, 4.69) is 25.3 Å². The van der Waals surface area contributed by atoms with Crippen LogP contribution >= 0.6 is 0 Å². The monoisotopic (exact) mass is 324 g/mol. The summed E-state index contributed by atoms with van der Waals surface area (Å²) in [5, 5.41) is 5.87. The molecule has 0 amide bonds. The molecule has 2 N–H and O–H groups in total. The number of halogens is 3. The molecule has 1 aliphatic carbocycles. The second-order valence-electron chi connectivity index (χ2n) is 5.23. The molecule has 1 saturated carbocycles. The van der Waals surface area contributed by atoms with Crippen LogP contribution in [-0.2, 0) is 0 Å². The lowest BCUT2D eigenvalue weighted by molar-refractivity contribution is -0.274. The summed E-state index contributed by atoms with van der Waals surface area (Å²) in [6, 6.07) is 7.45. The number of nitrogens with zero attached hydrogens (tertiary/aromatic N) is 2. The zero-order valence-electron chi connectivity index (χ0n) is 12.3. The number of ether oxygens (including phenoxy) is 1. The summed E-state index contributed by atoms with van der Waals surface area (Å²) in [6.45, 7) is 0. The van der Waals surface area contributed by atoms with E-state index in [-0.39, 0.29) is 5.75 Å². The molecule has 0 unspecified atom stereocenters. The Morgan fingerprint density at radius 1 is 1.17 bits per heavy atom. The highest BCUT2D eigenvalue weighted by Gasteiger charge is 2.31. The van der Waals surface area contributed by atoms with Gasteiger partial charge in [0.25, 0.3) is 0 Å². The van der Waals surface area contributed by atoms with E-state index in [0.717, 1.165) is 18.5 Å². The molecule has 1 aliphatic rings. The van der Waals surface area contributed by atoms with Crippen LogP contribution in [0.2, 0.25) is 0 Å². The largest absolute Gasteiger partial charge is 0.573 e. The SMILES string of the molecule is CNc1nc(Nc2cccc(OC(F)(F)F)c2)cc(C2CC2)n1. The zero-order valence-corrected chi connectivity index (χ0v) is 12.3. The molecule has 122 valence electrons. The minimum Gasteiger partial charge on any atom is -0.406 e. The molecule has 0 spiro atoms. The van der Waals surface area contributed by atoms with Crippen molar-refractivity contribution in [2.24, 2.45) is 0 Å². The lowest BCUT2D eigenvalue weighted by Gasteiger charge is -2.12. The Balaban J connectivity index is 1.81. The molecular weight excluding hydrogens is 309 g/mol. The van der Waals surface area contributed by atoms with Crippen LogP contribution in [0.4, 0.5) is 30.6 Å². The van der Waals surface area contributed by atoms with Crippen LogP contribution in [0.25, 0.3) is 0 Å². The predicted octanol–water partition coefficient (Wildman–Crippen LogP) is 4.04. The summed E-state index contributed by atoms with van der Waals surface area (Å²) < 4.78 is 40.7. The van der Waals surface area contributed by atoms with Gasteiger partial charge in [-0.1, -0.05) is 6.07 Å². The Hall–Kier alpha value is -2.51. The average molecular weight is 324 g/mol. The summed E-state index contributed by atoms with van der Waals surface area (Å²) >= 11 is 0. The molecule has 5 nitrogen and oxygen atoms in total. The van der Waals surface area contributed by atoms with Gasteiger partial charge in [0.1, 0.15) is 11.6 Å². The van der Waals surface area contributed by atoms with E-state index in [1.165, 1.54) is 18.2 Å². The van der Waals surface area contributed by atoms with Crippen LogP contribution in [0.3, 0.4) is 0 Å². The van der Waals surface area contributed by atoms with Gasteiger partial charge >= 0.3 is 6.36 Å². The summed E-state index contributed by atoms with van der Waals surface area (Å²) in [5.74, 6) is 1.15. The van der Waals surface area contributed by atoms with Crippen molar-refractivity contribution < 1.29 is 17.9 Å². The van der Waals surface area contributed by atoms with Crippen molar-refractivity contribution in [3.63, 3.8) is 0 Å². The highest BCUT2D eigenvalue weighted by molar-refractivity contribution is 5.59. The number of hydrogen-bond acceptors (Lipinski definition) is 5. The van der Waals surface area contributed by atoms with Gasteiger partial charge in [-0.05, 0) is 25.0 Å². The van der Waals surface area contributed by atoms with Gasteiger partial charge in [-0.25, -0.2) is 4.98 Å². The lowest BCUT2D eigenvalue weighted by atomic mass is 10.2. The molecule has 1 heterocycles. The average Bonchev–Trinajstić information content (AvgIpc) is 3.30. The van der Waals surface area contributed by atoms with E-state index >= 15 is 0 Å². The smallest absolute Gasteiger partial charge is 0.406 e. The molecule has 1 fully saturated rings. The summed E-state index contributed by atoms with van der Waals surface area (Å²) in [7, 11) is 1.72. The molecule has 23 heavy (non-hydrogen) atoms. The molecule has 0 aliphatic heterocycles. The number of nitrogens with one attached hydrogen (secondary N) is 2. The number of rotatable bonds is 5. The van der Waals surface area contributed by atoms with E-state index < -0.39 is 6.36 Å². The van der Waals surface area contributed by atoms with Crippen LogP contribution in [0.5, 0.6) is 5.75 Å². The van der Waals surface area contributed by atoms with Crippen LogP contribution in [-0.4, -0.2) is 23.4 Å². The summed E-state index contributed by atoms with van der Waals surface area (Å²) in [5.41, 5.74) is 1.38. The quantitative estimate of drug-likeness (QED) is 0.869. The van der Waals surface area contributed by atoms with Gasteiger partial charge in [0.2, 0.25) is 5.95 Å². The van der Waals surface area contributed by atoms with Crippen molar-refractivity contribution in [3.05, 3.63) is 36.0 Å². The number of benzene rings is 1. The maximum Gasteiger partial charge on any atom is 0.573 e. The molecule has 0 radical (unpaired) electrons. The van der Waals surface area contributed by atoms with Crippen LogP contribution < -0.4 is 15.4 Å². The van der Waals surface area contributed by atoms with E-state index in [0.29, 0.717) is 23.4 Å². The van der Waals surface area contributed by atoms with Crippen LogP contribution in [0, 0.1) is 0 Å². The van der Waals surface area contributed by atoms with E-state index in [1.54, 1.807) is 13.1 Å². The summed E-state index contributed by atoms with van der Waals surface area (Å²) in [6.07, 6.45) is -2.53. The van der Waals surface area contributed by atoms with Crippen LogP contribution in [0.15, 0.2) is 30.3 Å². The predicted molar refractivity (Wildman–Crippen MR) is 80.0 cm³/mol. The van der Waals surface area contributed by atoms with Crippen molar-refractivity contribution in [3.8, 4) is 5.75 Å². The standard InChI is InChI=1S/C15H15F3N4O/c1-19-14-21-12(9-5-6-9)8-13(22-14)20-10-3-2-4-11(7-10)23-15(16,17)18/h2-4,7-9H,5-6H2,1H3,(H2,19,20,21,22). The first kappa shape index (κ1) is 15.4. The van der Waals surface area contributed by atoms with E-state index in [9.17, 15) is 13.2 Å². The minimum absolute atomic E-state index is 0.284. The number of aromatic nitrogens is 2. The third-order valence-corrected chi connectivity index (χ3v) is 3.31. The Morgan fingerprint density at radius 2 is 1.96 bits per heavy atom. The number of anilines is 3. The van der Waals surface area contributed by atoms with Crippen molar-refractivity contribution >= 4 is 17.5 Å². The number of hydrogen-bond donors (Lipinski definition) is 2. The fourth-order valence-corrected chi connectivity index (χ4v) is 2.15. The van der Waals surface area contributed by atoms with E-state index in [1.807, 2.05) is 6.07 Å². The third-order valence-electron chi connectivity index (χ3n) is 3.31. The molecule has 0 bridgehead atoms. The third kappa shape index (κ3) is 4.24. The first-order valence-corrected chi connectivity index (χ1v) is 7.12. The first-order chi connectivity index (χ1) is 10.9. The lowest BCUT2D eigenvalue weighted by Crippen LogP contribution is -2.17. The number of alkyl halides is 3. The van der Waals surface area contributed by atoms with Gasteiger partial charge in [0, 0.05) is 30.8 Å². The normalized spacial score (nSPS) is 14.4. The highest BCUT2D eigenvalue weighted by atomic mass is 19.4. The van der Waals surface area contributed by atoms with Gasteiger partial charge in [-0.2, -0.15) is 4.98 Å². The molecule has 2 aromatic rings. The van der Waals surface area contributed by atoms with Crippen molar-refractivity contribution in [1.29, 1.82) is 0 Å². The van der Waals surface area contributed by atoms with Gasteiger partial charge in [0.15, 0.2) is 0 Å². The Morgan fingerprint density at radius 3 is 2.61 bits per heavy atom. The van der Waals surface area contributed by atoms with Crippen molar-refractivity contribution in [2.45, 2.75) is 25.1 Å². The van der Waals surface area contributed by atoms with E-state index in [4.69, 9.17) is 0 Å². The molecule has 8 heteroatoms. The van der Waals surface area contributed by atoms with Crippen LogP contribution in [0.1, 0.15) is 24.5 Å². The zero-order chi connectivity index (χ0) is 16.4. The minimum atomic E-state index is -4.72.